The van der Waals surface area contributed by atoms with Crippen molar-refractivity contribution in [3.63, 3.8) is 0 Å². The van der Waals surface area contributed by atoms with Crippen LogP contribution in [0.1, 0.15) is 39.9 Å². The molecule has 3 aromatic carbocycles. The number of amides is 1. The van der Waals surface area contributed by atoms with Gasteiger partial charge in [-0.15, -0.1) is 0 Å². The number of aliphatic carboxylic acids is 1. The lowest BCUT2D eigenvalue weighted by atomic mass is 9.92. The molecule has 0 aliphatic carbocycles. The van der Waals surface area contributed by atoms with Crippen molar-refractivity contribution in [3.05, 3.63) is 101 Å². The van der Waals surface area contributed by atoms with Crippen molar-refractivity contribution in [3.8, 4) is 0 Å². The van der Waals surface area contributed by atoms with E-state index in [9.17, 15) is 14.7 Å². The highest BCUT2D eigenvalue weighted by Gasteiger charge is 2.21. The monoisotopic (exact) mass is 387 g/mol. The van der Waals surface area contributed by atoms with E-state index in [1.54, 1.807) is 24.1 Å². The van der Waals surface area contributed by atoms with Gasteiger partial charge in [0.15, 0.2) is 0 Å². The highest BCUT2D eigenvalue weighted by molar-refractivity contribution is 6.06. The largest absolute Gasteiger partial charge is 0.481 e. The molecule has 1 atom stereocenters. The predicted molar refractivity (Wildman–Crippen MR) is 116 cm³/mol. The van der Waals surface area contributed by atoms with E-state index in [-0.39, 0.29) is 5.91 Å². The van der Waals surface area contributed by atoms with Gasteiger partial charge in [-0.05, 0) is 47.7 Å². The van der Waals surface area contributed by atoms with E-state index in [2.05, 4.69) is 6.92 Å². The second kappa shape index (κ2) is 9.20. The molecule has 0 heterocycles. The fourth-order valence-electron chi connectivity index (χ4n) is 3.49. The van der Waals surface area contributed by atoms with Crippen molar-refractivity contribution in [1.82, 2.24) is 0 Å². The molecule has 3 rings (SSSR count). The van der Waals surface area contributed by atoms with Crippen LogP contribution in [0.3, 0.4) is 0 Å². The van der Waals surface area contributed by atoms with Gasteiger partial charge in [0.25, 0.3) is 5.91 Å². The van der Waals surface area contributed by atoms with Crippen LogP contribution in [-0.4, -0.2) is 24.0 Å². The highest BCUT2D eigenvalue weighted by Crippen LogP contribution is 2.24. The third-order valence-corrected chi connectivity index (χ3v) is 5.18. The van der Waals surface area contributed by atoms with E-state index < -0.39 is 11.9 Å². The van der Waals surface area contributed by atoms with Crippen LogP contribution in [0.5, 0.6) is 0 Å². The maximum absolute atomic E-state index is 12.9. The first-order valence-electron chi connectivity index (χ1n) is 9.74. The van der Waals surface area contributed by atoms with Crippen LogP contribution in [0.4, 0.5) is 5.69 Å². The van der Waals surface area contributed by atoms with Gasteiger partial charge < -0.3 is 10.0 Å². The van der Waals surface area contributed by atoms with E-state index in [1.165, 1.54) is 0 Å². The van der Waals surface area contributed by atoms with Crippen LogP contribution in [0.2, 0.25) is 0 Å². The van der Waals surface area contributed by atoms with Gasteiger partial charge in [-0.2, -0.15) is 0 Å². The zero-order valence-electron chi connectivity index (χ0n) is 16.7. The topological polar surface area (TPSA) is 57.6 Å². The average Bonchev–Trinajstić information content (AvgIpc) is 2.77. The van der Waals surface area contributed by atoms with Crippen LogP contribution in [0.25, 0.3) is 0 Å². The Morgan fingerprint density at radius 3 is 2.14 bits per heavy atom. The number of hydrogen-bond donors (Lipinski definition) is 1. The minimum Gasteiger partial charge on any atom is -0.481 e. The molecule has 4 heteroatoms. The Kier molecular flexibility index (Phi) is 6.45. The first-order chi connectivity index (χ1) is 14.0. The summed E-state index contributed by atoms with van der Waals surface area (Å²) in [5, 5.41) is 9.62. The Balaban J connectivity index is 1.77. The molecule has 1 amide bonds. The van der Waals surface area contributed by atoms with E-state index in [0.717, 1.165) is 28.8 Å². The summed E-state index contributed by atoms with van der Waals surface area (Å²) in [4.78, 5) is 26.3. The molecular weight excluding hydrogens is 362 g/mol. The van der Waals surface area contributed by atoms with Gasteiger partial charge in [-0.25, -0.2) is 0 Å². The number of rotatable bonds is 7. The molecular formula is C25H25NO3. The molecule has 0 aliphatic heterocycles. The molecule has 0 bridgehead atoms. The molecule has 0 aliphatic rings. The zero-order valence-corrected chi connectivity index (χ0v) is 16.7. The lowest BCUT2D eigenvalue weighted by Gasteiger charge is -2.20. The van der Waals surface area contributed by atoms with Crippen molar-refractivity contribution in [2.24, 2.45) is 0 Å². The second-order valence-electron chi connectivity index (χ2n) is 7.05. The molecule has 0 fully saturated rings. The third-order valence-electron chi connectivity index (χ3n) is 5.18. The number of carboxylic acid groups (broad SMARTS) is 1. The van der Waals surface area contributed by atoms with Gasteiger partial charge in [-0.3, -0.25) is 9.59 Å². The number of hydrogen-bond acceptors (Lipinski definition) is 2. The molecule has 0 radical (unpaired) electrons. The number of benzene rings is 3. The number of carbonyl (C=O) groups excluding carboxylic acids is 1. The van der Waals surface area contributed by atoms with Crippen LogP contribution in [0.15, 0.2) is 78.9 Å². The highest BCUT2D eigenvalue weighted by atomic mass is 16.4. The molecule has 0 aromatic heterocycles. The van der Waals surface area contributed by atoms with Crippen molar-refractivity contribution in [2.45, 2.75) is 25.7 Å². The van der Waals surface area contributed by atoms with Crippen LogP contribution < -0.4 is 4.90 Å². The summed E-state index contributed by atoms with van der Waals surface area (Å²) < 4.78 is 0. The Morgan fingerprint density at radius 1 is 0.897 bits per heavy atom. The predicted octanol–water partition coefficient (Wildman–Crippen LogP) is 4.94. The van der Waals surface area contributed by atoms with Crippen LogP contribution in [0, 0.1) is 0 Å². The lowest BCUT2D eigenvalue weighted by Crippen LogP contribution is -2.27. The van der Waals surface area contributed by atoms with Crippen molar-refractivity contribution < 1.29 is 14.7 Å². The molecule has 3 aromatic rings. The maximum atomic E-state index is 12.9. The van der Waals surface area contributed by atoms with Gasteiger partial charge >= 0.3 is 5.97 Å². The summed E-state index contributed by atoms with van der Waals surface area (Å²) in [5.74, 6) is -1.56. The first kappa shape index (κ1) is 20.3. The minimum absolute atomic E-state index is 0.0877. The molecule has 148 valence electrons. The smallest absolute Gasteiger partial charge is 0.311 e. The SMILES string of the molecule is CCc1ccccc1N(C)C(=O)c1ccc(CC(C(=O)O)c2ccccc2)cc1. The van der Waals surface area contributed by atoms with Crippen molar-refractivity contribution in [2.75, 3.05) is 11.9 Å². The van der Waals surface area contributed by atoms with E-state index >= 15 is 0 Å². The molecule has 0 spiro atoms. The molecule has 0 saturated heterocycles. The summed E-state index contributed by atoms with van der Waals surface area (Å²) in [6.07, 6.45) is 1.23. The number of nitrogens with zero attached hydrogens (tertiary/aromatic N) is 1. The Morgan fingerprint density at radius 2 is 1.52 bits per heavy atom. The summed E-state index contributed by atoms with van der Waals surface area (Å²) in [7, 11) is 1.78. The fourth-order valence-corrected chi connectivity index (χ4v) is 3.49. The average molecular weight is 387 g/mol. The zero-order chi connectivity index (χ0) is 20.8. The normalized spacial score (nSPS) is 11.7. The number of anilines is 1. The quantitative estimate of drug-likeness (QED) is 0.625. The number of carbonyl (C=O) groups is 2. The van der Waals surface area contributed by atoms with Crippen molar-refractivity contribution >= 4 is 17.6 Å². The number of carboxylic acids is 1. The molecule has 4 nitrogen and oxygen atoms in total. The summed E-state index contributed by atoms with van der Waals surface area (Å²) in [6, 6.07) is 24.3. The van der Waals surface area contributed by atoms with E-state index in [0.29, 0.717) is 12.0 Å². The molecule has 1 unspecified atom stereocenters. The molecule has 1 N–H and O–H groups in total. The summed E-state index contributed by atoms with van der Waals surface area (Å²) in [6.45, 7) is 2.07. The van der Waals surface area contributed by atoms with Gasteiger partial charge in [0, 0.05) is 18.3 Å². The van der Waals surface area contributed by atoms with Crippen molar-refractivity contribution in [1.29, 1.82) is 0 Å². The van der Waals surface area contributed by atoms with Gasteiger partial charge in [0.1, 0.15) is 0 Å². The Bertz CT molecular complexity index is 980. The summed E-state index contributed by atoms with van der Waals surface area (Å²) in [5.41, 5.74) is 4.26. The van der Waals surface area contributed by atoms with Gasteiger partial charge in [0.2, 0.25) is 0 Å². The fraction of sp³-hybridized carbons (Fsp3) is 0.200. The van der Waals surface area contributed by atoms with E-state index in [4.69, 9.17) is 0 Å². The standard InChI is InChI=1S/C25H25NO3/c1-3-19-9-7-8-12-23(19)26(2)24(27)21-15-13-18(14-16-21)17-22(25(28)29)20-10-5-4-6-11-20/h4-16,22H,3,17H2,1-2H3,(H,28,29). The van der Waals surface area contributed by atoms with Gasteiger partial charge in [-0.1, -0.05) is 67.6 Å². The second-order valence-corrected chi connectivity index (χ2v) is 7.05. The number of aryl methyl sites for hydroxylation is 1. The minimum atomic E-state index is -0.854. The summed E-state index contributed by atoms with van der Waals surface area (Å²) >= 11 is 0. The Hall–Kier alpha value is -3.40. The van der Waals surface area contributed by atoms with Gasteiger partial charge in [0.05, 0.1) is 5.92 Å². The maximum Gasteiger partial charge on any atom is 0.311 e. The molecule has 0 saturated carbocycles. The van der Waals surface area contributed by atoms with Crippen LogP contribution in [-0.2, 0) is 17.6 Å². The third kappa shape index (κ3) is 4.72. The van der Waals surface area contributed by atoms with Crippen LogP contribution >= 0.6 is 0 Å². The first-order valence-corrected chi connectivity index (χ1v) is 9.74. The lowest BCUT2D eigenvalue weighted by molar-refractivity contribution is -0.138. The molecule has 29 heavy (non-hydrogen) atoms. The Labute approximate surface area is 171 Å². The number of para-hydroxylation sites is 1. The van der Waals surface area contributed by atoms with E-state index in [1.807, 2.05) is 66.7 Å².